The molecule has 1 amide bonds. The molecule has 1 aliphatic heterocycles. The Morgan fingerprint density at radius 3 is 2.58 bits per heavy atom. The van der Waals surface area contributed by atoms with Gasteiger partial charge in [-0.15, -0.1) is 0 Å². The number of hydrogen-bond acceptors (Lipinski definition) is 5. The number of nitrogens with two attached hydrogens (primary N) is 1. The predicted molar refractivity (Wildman–Crippen MR) is 122 cm³/mol. The van der Waals surface area contributed by atoms with E-state index in [1.807, 2.05) is 18.2 Å². The van der Waals surface area contributed by atoms with E-state index in [1.165, 1.54) is 5.56 Å². The minimum absolute atomic E-state index is 0.0692. The number of nitrogens with zero attached hydrogens (tertiary/aromatic N) is 2. The summed E-state index contributed by atoms with van der Waals surface area (Å²) >= 11 is 0. The lowest BCUT2D eigenvalue weighted by Crippen LogP contribution is -2.47. The highest BCUT2D eigenvalue weighted by Crippen LogP contribution is 2.26. The first-order valence-electron chi connectivity index (χ1n) is 10.5. The second kappa shape index (κ2) is 7.92. The molecule has 158 valence electrons. The number of carbonyl (C=O) groups excluding carboxylic acids is 1. The number of aromatic nitrogens is 1. The van der Waals surface area contributed by atoms with Gasteiger partial charge in [0.15, 0.2) is 5.76 Å². The lowest BCUT2D eigenvalue weighted by molar-refractivity contribution is 0.0976. The van der Waals surface area contributed by atoms with Gasteiger partial charge in [-0.25, -0.2) is 0 Å². The van der Waals surface area contributed by atoms with Gasteiger partial charge in [0.25, 0.3) is 5.91 Å². The minimum Gasteiger partial charge on any atom is -0.451 e. The van der Waals surface area contributed by atoms with Crippen molar-refractivity contribution in [2.24, 2.45) is 5.73 Å². The number of piperazine rings is 1. The number of rotatable bonds is 5. The van der Waals surface area contributed by atoms with Crippen LogP contribution in [0.3, 0.4) is 0 Å². The van der Waals surface area contributed by atoms with Crippen LogP contribution in [0, 0.1) is 0 Å². The highest BCUT2D eigenvalue weighted by molar-refractivity contribution is 5.95. The van der Waals surface area contributed by atoms with Crippen LogP contribution in [0.4, 0.5) is 5.69 Å². The maximum absolute atomic E-state index is 11.6. The molecule has 0 radical (unpaired) electrons. The number of amides is 1. The van der Waals surface area contributed by atoms with Crippen molar-refractivity contribution in [3.8, 4) is 0 Å². The van der Waals surface area contributed by atoms with Crippen molar-refractivity contribution in [3.05, 3.63) is 76.3 Å². The number of pyridine rings is 1. The van der Waals surface area contributed by atoms with E-state index in [4.69, 9.17) is 10.2 Å². The Balaban J connectivity index is 1.20. The van der Waals surface area contributed by atoms with E-state index < -0.39 is 5.91 Å². The number of benzene rings is 2. The highest BCUT2D eigenvalue weighted by Gasteiger charge is 2.18. The van der Waals surface area contributed by atoms with E-state index in [9.17, 15) is 9.59 Å². The quantitative estimate of drug-likeness (QED) is 0.522. The lowest BCUT2D eigenvalue weighted by Gasteiger charge is -2.36. The topological polar surface area (TPSA) is 95.6 Å². The molecule has 0 aliphatic carbocycles. The van der Waals surface area contributed by atoms with Gasteiger partial charge in [0, 0.05) is 55.4 Å². The fourth-order valence-corrected chi connectivity index (χ4v) is 4.22. The van der Waals surface area contributed by atoms with Crippen LogP contribution in [0.1, 0.15) is 16.1 Å². The summed E-state index contributed by atoms with van der Waals surface area (Å²) in [6.07, 6.45) is 0.948. The van der Waals surface area contributed by atoms with Crippen LogP contribution in [0.2, 0.25) is 0 Å². The Bertz CT molecular complexity index is 1320. The fraction of sp³-hybridized carbons (Fsp3) is 0.250. The Labute approximate surface area is 179 Å². The number of nitrogens with one attached hydrogen (secondary N) is 1. The van der Waals surface area contributed by atoms with Crippen molar-refractivity contribution in [1.29, 1.82) is 0 Å². The maximum atomic E-state index is 11.6. The molecule has 1 aliphatic rings. The molecule has 0 saturated carbocycles. The van der Waals surface area contributed by atoms with E-state index in [0.717, 1.165) is 61.1 Å². The van der Waals surface area contributed by atoms with E-state index in [2.05, 4.69) is 39.0 Å². The van der Waals surface area contributed by atoms with Crippen LogP contribution in [0.15, 0.2) is 63.8 Å². The van der Waals surface area contributed by atoms with Gasteiger partial charge >= 0.3 is 0 Å². The van der Waals surface area contributed by atoms with Crippen molar-refractivity contribution >= 4 is 33.5 Å². The number of furan rings is 1. The van der Waals surface area contributed by atoms with E-state index in [0.29, 0.717) is 5.58 Å². The third-order valence-electron chi connectivity index (χ3n) is 5.99. The van der Waals surface area contributed by atoms with Gasteiger partial charge in [0.2, 0.25) is 5.56 Å². The van der Waals surface area contributed by atoms with Crippen molar-refractivity contribution in [2.45, 2.75) is 6.42 Å². The molecule has 0 unspecified atom stereocenters. The van der Waals surface area contributed by atoms with Gasteiger partial charge in [-0.1, -0.05) is 12.1 Å². The molecule has 7 nitrogen and oxygen atoms in total. The summed E-state index contributed by atoms with van der Waals surface area (Å²) < 4.78 is 5.48. The molecule has 1 saturated heterocycles. The van der Waals surface area contributed by atoms with E-state index in [-0.39, 0.29) is 11.3 Å². The molecule has 0 spiro atoms. The zero-order valence-electron chi connectivity index (χ0n) is 17.1. The number of carbonyl (C=O) groups is 1. The summed E-state index contributed by atoms with van der Waals surface area (Å²) in [4.78, 5) is 30.6. The maximum Gasteiger partial charge on any atom is 0.284 e. The number of H-pyrrole nitrogens is 1. The Hall–Kier alpha value is -3.58. The summed E-state index contributed by atoms with van der Waals surface area (Å²) in [5, 5.41) is 1.94. The first-order chi connectivity index (χ1) is 15.0. The molecule has 3 N–H and O–H groups in total. The molecule has 0 bridgehead atoms. The lowest BCUT2D eigenvalue weighted by atomic mass is 10.1. The molecule has 3 heterocycles. The van der Waals surface area contributed by atoms with Crippen LogP contribution in [-0.4, -0.2) is 48.5 Å². The number of primary amides is 1. The third-order valence-corrected chi connectivity index (χ3v) is 5.99. The standard InChI is InChI=1S/C24H24N4O3/c25-24(30)22-15-18-14-19(4-5-21(18)31-22)28-11-9-27(10-12-28)8-7-16-1-2-17-3-6-23(29)26-20(17)13-16/h1-6,13-15H,7-12H2,(H2,25,30)(H,26,29). The summed E-state index contributed by atoms with van der Waals surface area (Å²) in [5.41, 5.74) is 9.17. The van der Waals surface area contributed by atoms with Gasteiger partial charge in [-0.05, 0) is 53.8 Å². The van der Waals surface area contributed by atoms with Crippen molar-refractivity contribution < 1.29 is 9.21 Å². The Kier molecular flexibility index (Phi) is 4.95. The molecule has 0 atom stereocenters. The SMILES string of the molecule is NC(=O)c1cc2cc(N3CCN(CCc4ccc5ccc(=O)[nH]c5c4)CC3)ccc2o1. The van der Waals surface area contributed by atoms with E-state index >= 15 is 0 Å². The largest absolute Gasteiger partial charge is 0.451 e. The molecule has 5 rings (SSSR count). The van der Waals surface area contributed by atoms with Gasteiger partial charge < -0.3 is 20.0 Å². The molecule has 2 aromatic heterocycles. The van der Waals surface area contributed by atoms with Crippen LogP contribution < -0.4 is 16.2 Å². The minimum atomic E-state index is -0.552. The third kappa shape index (κ3) is 4.04. The molecule has 7 heteroatoms. The molecule has 4 aromatic rings. The van der Waals surface area contributed by atoms with Gasteiger partial charge in [-0.2, -0.15) is 0 Å². The number of fused-ring (bicyclic) bond motifs is 2. The summed E-state index contributed by atoms with van der Waals surface area (Å²) in [6, 6.07) is 17.4. The van der Waals surface area contributed by atoms with Crippen molar-refractivity contribution in [3.63, 3.8) is 0 Å². The molecular formula is C24H24N4O3. The molecule has 31 heavy (non-hydrogen) atoms. The first kappa shape index (κ1) is 19.4. The van der Waals surface area contributed by atoms with Gasteiger partial charge in [0.05, 0.1) is 0 Å². The normalized spacial score (nSPS) is 15.0. The zero-order valence-corrected chi connectivity index (χ0v) is 17.1. The van der Waals surface area contributed by atoms with Gasteiger partial charge in [0.1, 0.15) is 5.58 Å². The summed E-state index contributed by atoms with van der Waals surface area (Å²) in [5.74, 6) is -0.362. The Morgan fingerprint density at radius 1 is 0.968 bits per heavy atom. The fourth-order valence-electron chi connectivity index (χ4n) is 4.22. The monoisotopic (exact) mass is 416 g/mol. The van der Waals surface area contributed by atoms with Crippen molar-refractivity contribution in [1.82, 2.24) is 9.88 Å². The average Bonchev–Trinajstić information content (AvgIpc) is 3.21. The number of anilines is 1. The highest BCUT2D eigenvalue weighted by atomic mass is 16.3. The average molecular weight is 416 g/mol. The smallest absolute Gasteiger partial charge is 0.284 e. The van der Waals surface area contributed by atoms with Crippen LogP contribution >= 0.6 is 0 Å². The van der Waals surface area contributed by atoms with Crippen LogP contribution in [0.5, 0.6) is 0 Å². The predicted octanol–water partition coefficient (Wildman–Crippen LogP) is 2.74. The second-order valence-electron chi connectivity index (χ2n) is 8.02. The molecular weight excluding hydrogens is 392 g/mol. The van der Waals surface area contributed by atoms with Crippen LogP contribution in [0.25, 0.3) is 21.9 Å². The second-order valence-corrected chi connectivity index (χ2v) is 8.02. The summed E-state index contributed by atoms with van der Waals surface area (Å²) in [6.45, 7) is 4.84. The zero-order chi connectivity index (χ0) is 21.4. The van der Waals surface area contributed by atoms with Crippen LogP contribution in [-0.2, 0) is 6.42 Å². The Morgan fingerprint density at radius 2 is 1.77 bits per heavy atom. The van der Waals surface area contributed by atoms with E-state index in [1.54, 1.807) is 12.1 Å². The first-order valence-corrected chi connectivity index (χ1v) is 10.5. The number of aromatic amines is 1. The molecule has 2 aromatic carbocycles. The summed E-state index contributed by atoms with van der Waals surface area (Å²) in [7, 11) is 0. The van der Waals surface area contributed by atoms with Gasteiger partial charge in [-0.3, -0.25) is 14.5 Å². The number of hydrogen-bond donors (Lipinski definition) is 2. The molecule has 1 fully saturated rings. The van der Waals surface area contributed by atoms with Crippen molar-refractivity contribution in [2.75, 3.05) is 37.6 Å².